The van der Waals surface area contributed by atoms with Gasteiger partial charge in [-0.25, -0.2) is 4.79 Å². The van der Waals surface area contributed by atoms with Crippen molar-refractivity contribution in [1.29, 1.82) is 0 Å². The van der Waals surface area contributed by atoms with Crippen LogP contribution in [0.2, 0.25) is 5.02 Å². The molecule has 1 fully saturated rings. The highest BCUT2D eigenvalue weighted by molar-refractivity contribution is 6.34. The molecule has 1 aromatic carbocycles. The van der Waals surface area contributed by atoms with Gasteiger partial charge < -0.3 is 15.4 Å². The Morgan fingerprint density at radius 1 is 1.50 bits per heavy atom. The van der Waals surface area contributed by atoms with Crippen molar-refractivity contribution >= 4 is 29.2 Å². The van der Waals surface area contributed by atoms with Crippen LogP contribution in [-0.4, -0.2) is 31.6 Å². The van der Waals surface area contributed by atoms with Gasteiger partial charge in [0.1, 0.15) is 0 Å². The molecule has 0 spiro atoms. The van der Waals surface area contributed by atoms with E-state index in [2.05, 4.69) is 15.6 Å². The number of aryl methyl sites for hydroxylation is 1. The molecule has 118 valence electrons. The smallest absolute Gasteiger partial charge is 0.338 e. The van der Waals surface area contributed by atoms with Gasteiger partial charge in [0, 0.05) is 6.54 Å². The summed E-state index contributed by atoms with van der Waals surface area (Å²) in [7, 11) is 0. The standard InChI is InChI=1S/C16H20ClN3O2/c1-2-11-7-12(15(21)22-9-10-3-4-10)8-13(17)14(11)20-16-18-5-6-19-16/h7-8,10H,2-6,9H2,1H3,(H2,18,19,20). The predicted molar refractivity (Wildman–Crippen MR) is 87.8 cm³/mol. The summed E-state index contributed by atoms with van der Waals surface area (Å²) < 4.78 is 5.33. The summed E-state index contributed by atoms with van der Waals surface area (Å²) in [4.78, 5) is 16.4. The van der Waals surface area contributed by atoms with Crippen molar-refractivity contribution in [3.63, 3.8) is 0 Å². The summed E-state index contributed by atoms with van der Waals surface area (Å²) in [5.74, 6) is 0.976. The van der Waals surface area contributed by atoms with Crippen LogP contribution in [0.15, 0.2) is 17.1 Å². The van der Waals surface area contributed by atoms with Gasteiger partial charge in [-0.2, -0.15) is 0 Å². The van der Waals surface area contributed by atoms with Crippen molar-refractivity contribution < 1.29 is 9.53 Å². The molecule has 1 aromatic rings. The Kier molecular flexibility index (Phi) is 4.52. The molecule has 0 bridgehead atoms. The number of halogens is 1. The average molecular weight is 322 g/mol. The van der Waals surface area contributed by atoms with Crippen molar-refractivity contribution in [3.8, 4) is 0 Å². The number of aliphatic imine (C=N–C) groups is 1. The highest BCUT2D eigenvalue weighted by atomic mass is 35.5. The summed E-state index contributed by atoms with van der Waals surface area (Å²) in [6.07, 6.45) is 3.08. The number of rotatable bonds is 5. The largest absolute Gasteiger partial charge is 0.462 e. The van der Waals surface area contributed by atoms with E-state index in [0.29, 0.717) is 23.1 Å². The van der Waals surface area contributed by atoms with Gasteiger partial charge in [0.25, 0.3) is 0 Å². The number of carbonyl (C=O) groups is 1. The van der Waals surface area contributed by atoms with E-state index in [1.54, 1.807) is 6.07 Å². The topological polar surface area (TPSA) is 62.7 Å². The Balaban J connectivity index is 1.77. The average Bonchev–Trinajstić information content (AvgIpc) is 3.21. The number of esters is 1. The first-order valence-corrected chi connectivity index (χ1v) is 8.10. The molecule has 5 nitrogen and oxygen atoms in total. The van der Waals surface area contributed by atoms with Gasteiger partial charge >= 0.3 is 5.97 Å². The number of nitrogens with zero attached hydrogens (tertiary/aromatic N) is 1. The zero-order valence-electron chi connectivity index (χ0n) is 12.6. The molecule has 0 saturated heterocycles. The lowest BCUT2D eigenvalue weighted by Crippen LogP contribution is -2.27. The first-order chi connectivity index (χ1) is 10.7. The van der Waals surface area contributed by atoms with Crippen molar-refractivity contribution in [2.24, 2.45) is 10.9 Å². The van der Waals surface area contributed by atoms with Gasteiger partial charge in [-0.1, -0.05) is 18.5 Å². The molecule has 0 amide bonds. The monoisotopic (exact) mass is 321 g/mol. The Hall–Kier alpha value is -1.75. The molecule has 2 N–H and O–H groups in total. The van der Waals surface area contributed by atoms with Crippen molar-refractivity contribution in [1.82, 2.24) is 5.32 Å². The van der Waals surface area contributed by atoms with Gasteiger partial charge in [0.15, 0.2) is 5.96 Å². The zero-order valence-corrected chi connectivity index (χ0v) is 13.4. The van der Waals surface area contributed by atoms with Crippen molar-refractivity contribution in [2.75, 3.05) is 25.0 Å². The minimum atomic E-state index is -0.300. The van der Waals surface area contributed by atoms with Crippen LogP contribution in [0.4, 0.5) is 5.69 Å². The molecule has 1 aliphatic carbocycles. The molecule has 1 aliphatic heterocycles. The van der Waals surface area contributed by atoms with Gasteiger partial charge in [0.2, 0.25) is 0 Å². The first kappa shape index (κ1) is 15.2. The SMILES string of the molecule is CCc1cc(C(=O)OCC2CC2)cc(Cl)c1NC1=NCCN1. The van der Waals surface area contributed by atoms with Crippen LogP contribution in [0.5, 0.6) is 0 Å². The molecule has 6 heteroatoms. The fourth-order valence-electron chi connectivity index (χ4n) is 2.36. The number of ether oxygens (including phenoxy) is 1. The minimum Gasteiger partial charge on any atom is -0.462 e. The molecule has 3 rings (SSSR count). The van der Waals surface area contributed by atoms with E-state index in [4.69, 9.17) is 16.3 Å². The molecular weight excluding hydrogens is 302 g/mol. The number of guanidine groups is 1. The highest BCUT2D eigenvalue weighted by Gasteiger charge is 2.24. The van der Waals surface area contributed by atoms with Crippen LogP contribution in [0, 0.1) is 5.92 Å². The summed E-state index contributed by atoms with van der Waals surface area (Å²) >= 11 is 6.36. The number of hydrogen-bond acceptors (Lipinski definition) is 5. The second-order valence-corrected chi connectivity index (χ2v) is 6.08. The molecule has 0 radical (unpaired) electrons. The molecule has 1 saturated carbocycles. The molecular formula is C16H20ClN3O2. The second-order valence-electron chi connectivity index (χ2n) is 5.67. The molecule has 2 aliphatic rings. The summed E-state index contributed by atoms with van der Waals surface area (Å²) in [6.45, 7) is 4.12. The maximum Gasteiger partial charge on any atom is 0.338 e. The molecule has 0 aromatic heterocycles. The van der Waals surface area contributed by atoms with E-state index in [1.807, 2.05) is 13.0 Å². The number of anilines is 1. The quantitative estimate of drug-likeness (QED) is 0.819. The third-order valence-corrected chi connectivity index (χ3v) is 4.15. The predicted octanol–water partition coefficient (Wildman–Crippen LogP) is 2.84. The van der Waals surface area contributed by atoms with Crippen LogP contribution >= 0.6 is 11.6 Å². The van der Waals surface area contributed by atoms with Gasteiger partial charge in [-0.3, -0.25) is 4.99 Å². The van der Waals surface area contributed by atoms with Crippen molar-refractivity contribution in [2.45, 2.75) is 26.2 Å². The number of benzene rings is 1. The molecule has 22 heavy (non-hydrogen) atoms. The van der Waals surface area contributed by atoms with Crippen molar-refractivity contribution in [3.05, 3.63) is 28.3 Å². The fourth-order valence-corrected chi connectivity index (χ4v) is 2.65. The summed E-state index contributed by atoms with van der Waals surface area (Å²) in [6, 6.07) is 3.51. The highest BCUT2D eigenvalue weighted by Crippen LogP contribution is 2.31. The molecule has 0 atom stereocenters. The van der Waals surface area contributed by atoms with E-state index in [1.165, 1.54) is 0 Å². The van der Waals surface area contributed by atoms with E-state index in [-0.39, 0.29) is 5.97 Å². The van der Waals surface area contributed by atoms with Crippen LogP contribution < -0.4 is 10.6 Å². The Bertz CT molecular complexity index is 612. The first-order valence-electron chi connectivity index (χ1n) is 7.72. The van der Waals surface area contributed by atoms with Gasteiger partial charge in [0.05, 0.1) is 29.4 Å². The Morgan fingerprint density at radius 3 is 2.95 bits per heavy atom. The second kappa shape index (κ2) is 6.57. The van der Waals surface area contributed by atoms with Crippen LogP contribution in [-0.2, 0) is 11.2 Å². The van der Waals surface area contributed by atoms with E-state index in [9.17, 15) is 4.79 Å². The number of nitrogens with one attached hydrogen (secondary N) is 2. The van der Waals surface area contributed by atoms with E-state index < -0.39 is 0 Å². The fraction of sp³-hybridized carbons (Fsp3) is 0.500. The van der Waals surface area contributed by atoms with Crippen LogP contribution in [0.3, 0.4) is 0 Å². The summed E-state index contributed by atoms with van der Waals surface area (Å²) in [5.41, 5.74) is 2.28. The van der Waals surface area contributed by atoms with Gasteiger partial charge in [-0.05, 0) is 42.9 Å². The van der Waals surface area contributed by atoms with Crippen LogP contribution in [0.25, 0.3) is 0 Å². The lowest BCUT2D eigenvalue weighted by molar-refractivity contribution is 0.0486. The van der Waals surface area contributed by atoms with Gasteiger partial charge in [-0.15, -0.1) is 0 Å². The van der Waals surface area contributed by atoms with Crippen LogP contribution in [0.1, 0.15) is 35.7 Å². The Morgan fingerprint density at radius 2 is 2.32 bits per heavy atom. The maximum atomic E-state index is 12.1. The van der Waals surface area contributed by atoms with E-state index >= 15 is 0 Å². The van der Waals surface area contributed by atoms with E-state index in [0.717, 1.165) is 49.6 Å². The third kappa shape index (κ3) is 3.53. The lowest BCUT2D eigenvalue weighted by atomic mass is 10.1. The number of carbonyl (C=O) groups excluding carboxylic acids is 1. The zero-order chi connectivity index (χ0) is 15.5. The lowest BCUT2D eigenvalue weighted by Gasteiger charge is -2.15. The Labute approximate surface area is 135 Å². The maximum absolute atomic E-state index is 12.1. The molecule has 0 unspecified atom stereocenters. The third-order valence-electron chi connectivity index (χ3n) is 3.85. The normalized spacial score (nSPS) is 16.9. The number of hydrogen-bond donors (Lipinski definition) is 2. The molecule has 1 heterocycles. The summed E-state index contributed by atoms with van der Waals surface area (Å²) in [5, 5.41) is 6.87. The minimum absolute atomic E-state index is 0.300.